The molecule has 1 saturated carbocycles. The molecule has 0 aliphatic heterocycles. The second-order valence-electron chi connectivity index (χ2n) is 5.89. The number of rotatable bonds is 5. The SMILES string of the molecule is CNC1(CO)CCC(Oc2ccc(C(C)C)cc2)C1. The minimum atomic E-state index is -0.150. The molecule has 0 heterocycles. The number of nitrogens with one attached hydrogen (secondary N) is 1. The zero-order valence-electron chi connectivity index (χ0n) is 12.1. The second-order valence-corrected chi connectivity index (χ2v) is 5.89. The van der Waals surface area contributed by atoms with Crippen LogP contribution >= 0.6 is 0 Å². The third kappa shape index (κ3) is 3.28. The molecule has 2 atom stereocenters. The van der Waals surface area contributed by atoms with E-state index in [1.54, 1.807) is 0 Å². The highest BCUT2D eigenvalue weighted by atomic mass is 16.5. The molecule has 1 aromatic rings. The summed E-state index contributed by atoms with van der Waals surface area (Å²) < 4.78 is 6.02. The third-order valence-electron chi connectivity index (χ3n) is 4.25. The van der Waals surface area contributed by atoms with E-state index in [2.05, 4.69) is 31.3 Å². The van der Waals surface area contributed by atoms with Gasteiger partial charge in [0.1, 0.15) is 11.9 Å². The summed E-state index contributed by atoms with van der Waals surface area (Å²) >= 11 is 0. The van der Waals surface area contributed by atoms with Crippen LogP contribution in [-0.4, -0.2) is 30.4 Å². The first-order chi connectivity index (χ1) is 9.08. The van der Waals surface area contributed by atoms with Crippen molar-refractivity contribution in [3.05, 3.63) is 29.8 Å². The summed E-state index contributed by atoms with van der Waals surface area (Å²) in [4.78, 5) is 0. The van der Waals surface area contributed by atoms with Gasteiger partial charge in [0, 0.05) is 12.0 Å². The fraction of sp³-hybridized carbons (Fsp3) is 0.625. The van der Waals surface area contributed by atoms with Gasteiger partial charge in [-0.3, -0.25) is 0 Å². The number of aliphatic hydroxyl groups excluding tert-OH is 1. The van der Waals surface area contributed by atoms with Crippen LogP contribution in [0.4, 0.5) is 0 Å². The minimum Gasteiger partial charge on any atom is -0.490 e. The lowest BCUT2D eigenvalue weighted by atomic mass is 9.99. The number of benzene rings is 1. The summed E-state index contributed by atoms with van der Waals surface area (Å²) in [7, 11) is 1.91. The lowest BCUT2D eigenvalue weighted by Gasteiger charge is -2.26. The maximum atomic E-state index is 9.48. The Morgan fingerprint density at radius 2 is 2.05 bits per heavy atom. The van der Waals surface area contributed by atoms with E-state index in [9.17, 15) is 5.11 Å². The number of ether oxygens (including phenoxy) is 1. The lowest BCUT2D eigenvalue weighted by molar-refractivity contribution is 0.146. The van der Waals surface area contributed by atoms with Crippen LogP contribution in [0, 0.1) is 0 Å². The van der Waals surface area contributed by atoms with E-state index >= 15 is 0 Å². The first kappa shape index (κ1) is 14.4. The van der Waals surface area contributed by atoms with Crippen molar-refractivity contribution < 1.29 is 9.84 Å². The molecule has 0 aromatic heterocycles. The predicted molar refractivity (Wildman–Crippen MR) is 77.7 cm³/mol. The fourth-order valence-electron chi connectivity index (χ4n) is 2.75. The number of hydrogen-bond donors (Lipinski definition) is 2. The average molecular weight is 263 g/mol. The maximum absolute atomic E-state index is 9.48. The third-order valence-corrected chi connectivity index (χ3v) is 4.25. The van der Waals surface area contributed by atoms with Crippen LogP contribution in [0.3, 0.4) is 0 Å². The van der Waals surface area contributed by atoms with Gasteiger partial charge in [-0.1, -0.05) is 26.0 Å². The molecule has 0 radical (unpaired) electrons. The topological polar surface area (TPSA) is 41.5 Å². The summed E-state index contributed by atoms with van der Waals surface area (Å²) in [6.45, 7) is 4.56. The smallest absolute Gasteiger partial charge is 0.119 e. The van der Waals surface area contributed by atoms with Gasteiger partial charge in [0.05, 0.1) is 6.61 Å². The molecular weight excluding hydrogens is 238 g/mol. The van der Waals surface area contributed by atoms with Crippen molar-refractivity contribution >= 4 is 0 Å². The van der Waals surface area contributed by atoms with Crippen LogP contribution in [0.25, 0.3) is 0 Å². The van der Waals surface area contributed by atoms with E-state index < -0.39 is 0 Å². The highest BCUT2D eigenvalue weighted by molar-refractivity contribution is 5.29. The van der Waals surface area contributed by atoms with Crippen LogP contribution in [0.2, 0.25) is 0 Å². The van der Waals surface area contributed by atoms with E-state index in [0.29, 0.717) is 5.92 Å². The second kappa shape index (κ2) is 5.93. The van der Waals surface area contributed by atoms with Gasteiger partial charge in [-0.25, -0.2) is 0 Å². The van der Waals surface area contributed by atoms with Gasteiger partial charge in [0.15, 0.2) is 0 Å². The normalized spacial score (nSPS) is 26.9. The summed E-state index contributed by atoms with van der Waals surface area (Å²) in [5, 5.41) is 12.7. The van der Waals surface area contributed by atoms with Crippen molar-refractivity contribution in [1.29, 1.82) is 0 Å². The molecule has 1 fully saturated rings. The molecule has 0 bridgehead atoms. The van der Waals surface area contributed by atoms with Gasteiger partial charge in [-0.2, -0.15) is 0 Å². The Bertz CT molecular complexity index is 396. The Kier molecular flexibility index (Phi) is 4.48. The Morgan fingerprint density at radius 3 is 2.53 bits per heavy atom. The quantitative estimate of drug-likeness (QED) is 0.858. The molecule has 1 aliphatic rings. The molecule has 3 nitrogen and oxygen atoms in total. The first-order valence-electron chi connectivity index (χ1n) is 7.15. The Hall–Kier alpha value is -1.06. The minimum absolute atomic E-state index is 0.150. The van der Waals surface area contributed by atoms with Gasteiger partial charge in [-0.15, -0.1) is 0 Å². The van der Waals surface area contributed by atoms with Crippen molar-refractivity contribution in [2.24, 2.45) is 0 Å². The zero-order valence-corrected chi connectivity index (χ0v) is 12.1. The van der Waals surface area contributed by atoms with E-state index in [-0.39, 0.29) is 18.2 Å². The number of aliphatic hydroxyl groups is 1. The van der Waals surface area contributed by atoms with Gasteiger partial charge in [-0.05, 0) is 43.5 Å². The Labute approximate surface area is 116 Å². The summed E-state index contributed by atoms with van der Waals surface area (Å²) in [6, 6.07) is 8.36. The molecule has 2 unspecified atom stereocenters. The van der Waals surface area contributed by atoms with Crippen molar-refractivity contribution in [3.63, 3.8) is 0 Å². The Balaban J connectivity index is 1.95. The largest absolute Gasteiger partial charge is 0.490 e. The monoisotopic (exact) mass is 263 g/mol. The summed E-state index contributed by atoms with van der Waals surface area (Å²) in [5.41, 5.74) is 1.18. The van der Waals surface area contributed by atoms with Crippen LogP contribution in [0.5, 0.6) is 5.75 Å². The van der Waals surface area contributed by atoms with Gasteiger partial charge >= 0.3 is 0 Å². The van der Waals surface area contributed by atoms with Crippen LogP contribution in [0.1, 0.15) is 44.6 Å². The molecule has 19 heavy (non-hydrogen) atoms. The highest BCUT2D eigenvalue weighted by Crippen LogP contribution is 2.32. The molecule has 0 amide bonds. The van der Waals surface area contributed by atoms with Crippen LogP contribution in [-0.2, 0) is 0 Å². The van der Waals surface area contributed by atoms with Crippen molar-refractivity contribution in [2.45, 2.75) is 50.7 Å². The van der Waals surface area contributed by atoms with E-state index in [4.69, 9.17) is 4.74 Å². The average Bonchev–Trinajstić information content (AvgIpc) is 2.83. The van der Waals surface area contributed by atoms with E-state index in [0.717, 1.165) is 25.0 Å². The molecule has 0 spiro atoms. The van der Waals surface area contributed by atoms with Crippen molar-refractivity contribution in [2.75, 3.05) is 13.7 Å². The molecule has 0 saturated heterocycles. The molecule has 3 heteroatoms. The standard InChI is InChI=1S/C16H25NO2/c1-12(2)13-4-6-14(7-5-13)19-15-8-9-16(10-15,11-18)17-3/h4-7,12,15,17-18H,8-11H2,1-3H3. The molecule has 2 rings (SSSR count). The van der Waals surface area contributed by atoms with E-state index in [1.807, 2.05) is 19.2 Å². The van der Waals surface area contributed by atoms with Crippen molar-refractivity contribution in [1.82, 2.24) is 5.32 Å². The summed E-state index contributed by atoms with van der Waals surface area (Å²) in [5.74, 6) is 1.48. The highest BCUT2D eigenvalue weighted by Gasteiger charge is 2.38. The first-order valence-corrected chi connectivity index (χ1v) is 7.15. The van der Waals surface area contributed by atoms with E-state index in [1.165, 1.54) is 5.56 Å². The molecule has 1 aromatic carbocycles. The molecule has 2 N–H and O–H groups in total. The Morgan fingerprint density at radius 1 is 1.37 bits per heavy atom. The van der Waals surface area contributed by atoms with Crippen molar-refractivity contribution in [3.8, 4) is 5.75 Å². The van der Waals surface area contributed by atoms with Crippen LogP contribution in [0.15, 0.2) is 24.3 Å². The predicted octanol–water partition coefficient (Wildman–Crippen LogP) is 2.69. The fourth-order valence-corrected chi connectivity index (χ4v) is 2.75. The number of likely N-dealkylation sites (N-methyl/N-ethyl adjacent to an activating group) is 1. The summed E-state index contributed by atoms with van der Waals surface area (Å²) in [6.07, 6.45) is 3.03. The van der Waals surface area contributed by atoms with Gasteiger partial charge in [0.25, 0.3) is 0 Å². The molecular formula is C16H25NO2. The van der Waals surface area contributed by atoms with Crippen LogP contribution < -0.4 is 10.1 Å². The molecule has 106 valence electrons. The maximum Gasteiger partial charge on any atom is 0.119 e. The molecule has 1 aliphatic carbocycles. The zero-order chi connectivity index (χ0) is 13.9. The lowest BCUT2D eigenvalue weighted by Crippen LogP contribution is -2.44. The van der Waals surface area contributed by atoms with Gasteiger partial charge in [0.2, 0.25) is 0 Å². The number of hydrogen-bond acceptors (Lipinski definition) is 3. The van der Waals surface area contributed by atoms with Gasteiger partial charge < -0.3 is 15.2 Å².